The van der Waals surface area contributed by atoms with Crippen molar-refractivity contribution < 1.29 is 14.7 Å². The maximum absolute atomic E-state index is 11.7. The molecule has 0 heterocycles. The zero-order valence-electron chi connectivity index (χ0n) is 11.9. The van der Waals surface area contributed by atoms with E-state index in [2.05, 4.69) is 5.32 Å². The van der Waals surface area contributed by atoms with Crippen LogP contribution in [-0.4, -0.2) is 41.5 Å². The van der Waals surface area contributed by atoms with E-state index in [1.165, 1.54) is 10.5 Å². The molecular weight excluding hydrogens is 280 g/mol. The van der Waals surface area contributed by atoms with Crippen molar-refractivity contribution >= 4 is 24.3 Å². The molecule has 5 nitrogen and oxygen atoms in total. The molecule has 0 saturated heterocycles. The smallest absolute Gasteiger partial charge is 0.320 e. The third kappa shape index (κ3) is 6.04. The number of halogens is 1. The molecule has 1 unspecified atom stereocenters. The van der Waals surface area contributed by atoms with Crippen molar-refractivity contribution in [2.45, 2.75) is 26.4 Å². The second-order valence-corrected chi connectivity index (χ2v) is 4.69. The lowest BCUT2D eigenvalue weighted by atomic mass is 10.1. The molecule has 20 heavy (non-hydrogen) atoms. The quantitative estimate of drug-likeness (QED) is 0.834. The molecule has 1 amide bonds. The normalized spacial score (nSPS) is 11.6. The summed E-state index contributed by atoms with van der Waals surface area (Å²) in [5, 5.41) is 11.6. The van der Waals surface area contributed by atoms with Crippen molar-refractivity contribution in [3.63, 3.8) is 0 Å². The highest BCUT2D eigenvalue weighted by Crippen LogP contribution is 2.02. The minimum Gasteiger partial charge on any atom is -0.480 e. The first-order valence-corrected chi connectivity index (χ1v) is 6.15. The van der Waals surface area contributed by atoms with Crippen molar-refractivity contribution in [3.05, 3.63) is 35.4 Å². The van der Waals surface area contributed by atoms with E-state index in [0.29, 0.717) is 6.54 Å². The minimum absolute atomic E-state index is 0. The molecule has 0 radical (unpaired) electrons. The van der Waals surface area contributed by atoms with Gasteiger partial charge in [0.1, 0.15) is 6.04 Å². The van der Waals surface area contributed by atoms with Gasteiger partial charge < -0.3 is 10.4 Å². The number of carbonyl (C=O) groups is 2. The van der Waals surface area contributed by atoms with Gasteiger partial charge in [0.15, 0.2) is 0 Å². The summed E-state index contributed by atoms with van der Waals surface area (Å²) < 4.78 is 0. The van der Waals surface area contributed by atoms with E-state index in [1.54, 1.807) is 14.0 Å². The summed E-state index contributed by atoms with van der Waals surface area (Å²) in [6, 6.07) is 7.21. The first kappa shape index (κ1) is 18.4. The SMILES string of the molecule is Cc1ccc(CNC(=O)CN(C)C(C)C(=O)O)cc1.Cl. The van der Waals surface area contributed by atoms with Crippen molar-refractivity contribution in [3.8, 4) is 0 Å². The predicted octanol–water partition coefficient (Wildman–Crippen LogP) is 1.44. The van der Waals surface area contributed by atoms with E-state index < -0.39 is 12.0 Å². The van der Waals surface area contributed by atoms with E-state index >= 15 is 0 Å². The lowest BCUT2D eigenvalue weighted by Crippen LogP contribution is -2.42. The maximum Gasteiger partial charge on any atom is 0.320 e. The zero-order chi connectivity index (χ0) is 14.4. The number of benzene rings is 1. The van der Waals surface area contributed by atoms with E-state index in [4.69, 9.17) is 5.11 Å². The third-order valence-electron chi connectivity index (χ3n) is 3.02. The number of carbonyl (C=O) groups excluding carboxylic acids is 1. The predicted molar refractivity (Wildman–Crippen MR) is 80.0 cm³/mol. The number of nitrogens with zero attached hydrogens (tertiary/aromatic N) is 1. The molecule has 0 saturated carbocycles. The van der Waals surface area contributed by atoms with Gasteiger partial charge >= 0.3 is 5.97 Å². The number of aryl methyl sites for hydroxylation is 1. The van der Waals surface area contributed by atoms with Crippen LogP contribution in [0.25, 0.3) is 0 Å². The van der Waals surface area contributed by atoms with Gasteiger partial charge in [-0.1, -0.05) is 29.8 Å². The van der Waals surface area contributed by atoms with Crippen LogP contribution in [0.3, 0.4) is 0 Å². The third-order valence-corrected chi connectivity index (χ3v) is 3.02. The Balaban J connectivity index is 0.00000361. The Hall–Kier alpha value is -1.59. The van der Waals surface area contributed by atoms with Gasteiger partial charge in [-0.15, -0.1) is 12.4 Å². The van der Waals surface area contributed by atoms with Gasteiger partial charge in [-0.05, 0) is 26.5 Å². The number of nitrogens with one attached hydrogen (secondary N) is 1. The van der Waals surface area contributed by atoms with Gasteiger partial charge in [0.2, 0.25) is 5.91 Å². The average Bonchev–Trinajstić information content (AvgIpc) is 2.37. The topological polar surface area (TPSA) is 69.6 Å². The van der Waals surface area contributed by atoms with Crippen LogP contribution in [0.15, 0.2) is 24.3 Å². The molecule has 1 aromatic carbocycles. The van der Waals surface area contributed by atoms with Crippen LogP contribution in [0, 0.1) is 6.92 Å². The average molecular weight is 301 g/mol. The van der Waals surface area contributed by atoms with Crippen LogP contribution in [-0.2, 0) is 16.1 Å². The van der Waals surface area contributed by atoms with Gasteiger partial charge in [-0.2, -0.15) is 0 Å². The highest BCUT2D eigenvalue weighted by atomic mass is 35.5. The second kappa shape index (κ2) is 8.55. The molecule has 0 aliphatic carbocycles. The standard InChI is InChI=1S/C14H20N2O3.ClH/c1-10-4-6-12(7-5-10)8-15-13(17)9-16(3)11(2)14(18)19;/h4-7,11H,8-9H2,1-3H3,(H,15,17)(H,18,19);1H. The minimum atomic E-state index is -0.936. The fourth-order valence-corrected chi connectivity index (χ4v) is 1.51. The van der Waals surface area contributed by atoms with Crippen LogP contribution in [0.5, 0.6) is 0 Å². The number of hydrogen-bond acceptors (Lipinski definition) is 3. The van der Waals surface area contributed by atoms with Gasteiger partial charge in [-0.3, -0.25) is 14.5 Å². The molecule has 0 bridgehead atoms. The van der Waals surface area contributed by atoms with E-state index in [0.717, 1.165) is 5.56 Å². The Bertz CT molecular complexity index is 448. The fraction of sp³-hybridized carbons (Fsp3) is 0.429. The number of amides is 1. The van der Waals surface area contributed by atoms with E-state index in [1.807, 2.05) is 31.2 Å². The lowest BCUT2D eigenvalue weighted by Gasteiger charge is -2.20. The monoisotopic (exact) mass is 300 g/mol. The fourth-order valence-electron chi connectivity index (χ4n) is 1.51. The molecule has 6 heteroatoms. The molecule has 0 aliphatic rings. The van der Waals surface area contributed by atoms with E-state index in [-0.39, 0.29) is 24.9 Å². The van der Waals surface area contributed by atoms with Crippen LogP contribution >= 0.6 is 12.4 Å². The van der Waals surface area contributed by atoms with Crippen molar-refractivity contribution in [1.82, 2.24) is 10.2 Å². The van der Waals surface area contributed by atoms with Crippen molar-refractivity contribution in [1.29, 1.82) is 0 Å². The zero-order valence-corrected chi connectivity index (χ0v) is 12.7. The lowest BCUT2D eigenvalue weighted by molar-refractivity contribution is -0.142. The Morgan fingerprint density at radius 2 is 1.85 bits per heavy atom. The Morgan fingerprint density at radius 3 is 2.35 bits per heavy atom. The molecule has 2 N–H and O–H groups in total. The summed E-state index contributed by atoms with van der Waals surface area (Å²) in [7, 11) is 1.62. The van der Waals surface area contributed by atoms with Gasteiger partial charge in [-0.25, -0.2) is 0 Å². The summed E-state index contributed by atoms with van der Waals surface area (Å²) in [6.07, 6.45) is 0. The summed E-state index contributed by atoms with van der Waals surface area (Å²) in [4.78, 5) is 23.9. The van der Waals surface area contributed by atoms with Crippen LogP contribution in [0.1, 0.15) is 18.1 Å². The number of hydrogen-bond donors (Lipinski definition) is 2. The van der Waals surface area contributed by atoms with E-state index in [9.17, 15) is 9.59 Å². The Labute approximate surface area is 125 Å². The molecule has 0 aromatic heterocycles. The highest BCUT2D eigenvalue weighted by Gasteiger charge is 2.18. The second-order valence-electron chi connectivity index (χ2n) is 4.69. The molecule has 0 aliphatic heterocycles. The number of aliphatic carboxylic acids is 1. The molecule has 112 valence electrons. The van der Waals surface area contributed by atoms with Crippen LogP contribution in [0.4, 0.5) is 0 Å². The van der Waals surface area contributed by atoms with Crippen LogP contribution < -0.4 is 5.32 Å². The van der Waals surface area contributed by atoms with Gasteiger partial charge in [0, 0.05) is 6.54 Å². The molecular formula is C14H21ClN2O3. The van der Waals surface area contributed by atoms with Gasteiger partial charge in [0.25, 0.3) is 0 Å². The molecule has 1 aromatic rings. The number of likely N-dealkylation sites (N-methyl/N-ethyl adjacent to an activating group) is 1. The van der Waals surface area contributed by atoms with Gasteiger partial charge in [0.05, 0.1) is 6.54 Å². The molecule has 0 spiro atoms. The first-order valence-electron chi connectivity index (χ1n) is 6.15. The number of carboxylic acid groups (broad SMARTS) is 1. The van der Waals surface area contributed by atoms with Crippen molar-refractivity contribution in [2.24, 2.45) is 0 Å². The Morgan fingerprint density at radius 1 is 1.30 bits per heavy atom. The summed E-state index contributed by atoms with van der Waals surface area (Å²) in [6.45, 7) is 4.08. The molecule has 1 atom stereocenters. The summed E-state index contributed by atoms with van der Waals surface area (Å²) in [5.74, 6) is -1.12. The molecule has 0 fully saturated rings. The largest absolute Gasteiger partial charge is 0.480 e. The highest BCUT2D eigenvalue weighted by molar-refractivity contribution is 5.85. The molecule has 1 rings (SSSR count). The first-order chi connectivity index (χ1) is 8.90. The summed E-state index contributed by atoms with van der Waals surface area (Å²) in [5.41, 5.74) is 2.19. The number of rotatable bonds is 6. The van der Waals surface area contributed by atoms with Crippen molar-refractivity contribution in [2.75, 3.05) is 13.6 Å². The Kier molecular flexibility index (Phi) is 7.87. The van der Waals surface area contributed by atoms with Crippen LogP contribution in [0.2, 0.25) is 0 Å². The number of carboxylic acids is 1. The maximum atomic E-state index is 11.7. The summed E-state index contributed by atoms with van der Waals surface area (Å²) >= 11 is 0.